The Morgan fingerprint density at radius 3 is 2.59 bits per heavy atom. The molecule has 0 spiro atoms. The third-order valence-electron chi connectivity index (χ3n) is 6.92. The van der Waals surface area contributed by atoms with Gasteiger partial charge in [-0.2, -0.15) is 0 Å². The van der Waals surface area contributed by atoms with Crippen LogP contribution in [0.3, 0.4) is 0 Å². The number of aromatic hydroxyl groups is 1. The fourth-order valence-electron chi connectivity index (χ4n) is 5.16. The van der Waals surface area contributed by atoms with Crippen molar-refractivity contribution in [3.05, 3.63) is 50.9 Å². The highest BCUT2D eigenvalue weighted by Crippen LogP contribution is 2.32. The lowest BCUT2D eigenvalue weighted by atomic mass is 10.00. The van der Waals surface area contributed by atoms with Gasteiger partial charge in [-0.05, 0) is 67.8 Å². The summed E-state index contributed by atoms with van der Waals surface area (Å²) in [6, 6.07) is 4.10. The van der Waals surface area contributed by atoms with E-state index in [1.54, 1.807) is 16.6 Å². The third-order valence-corrected chi connectivity index (χ3v) is 7.77. The number of aromatic nitrogens is 1. The molecule has 2 aromatic rings. The molecule has 1 aromatic carbocycles. The Morgan fingerprint density at radius 1 is 1.24 bits per heavy atom. The van der Waals surface area contributed by atoms with Crippen molar-refractivity contribution >= 4 is 40.9 Å². The monoisotopic (exact) mass is 502 g/mol. The molecule has 1 saturated heterocycles. The lowest BCUT2D eigenvalue weighted by Gasteiger charge is -2.51. The normalized spacial score (nSPS) is 19.6. The van der Waals surface area contributed by atoms with Gasteiger partial charge < -0.3 is 14.9 Å². The molecule has 2 aliphatic rings. The summed E-state index contributed by atoms with van der Waals surface area (Å²) < 4.78 is 1.55. The van der Waals surface area contributed by atoms with E-state index in [1.807, 2.05) is 31.0 Å². The molecule has 4 rings (SSSR count). The van der Waals surface area contributed by atoms with Crippen LogP contribution in [0.5, 0.6) is 5.75 Å². The summed E-state index contributed by atoms with van der Waals surface area (Å²) in [5.74, 6) is -1.56. The van der Waals surface area contributed by atoms with Crippen molar-refractivity contribution in [3.8, 4) is 5.75 Å². The molecule has 182 valence electrons. The predicted octanol–water partition coefficient (Wildman–Crippen LogP) is 1.45. The minimum Gasteiger partial charge on any atom is -0.502 e. The number of pyridine rings is 1. The van der Waals surface area contributed by atoms with E-state index >= 15 is 0 Å². The highest BCUT2D eigenvalue weighted by atomic mass is 31.0. The molecule has 0 saturated carbocycles. The van der Waals surface area contributed by atoms with E-state index < -0.39 is 17.1 Å². The van der Waals surface area contributed by atoms with E-state index in [9.17, 15) is 19.5 Å². The molecule has 2 unspecified atom stereocenters. The molecule has 1 N–H and O–H groups in total. The highest BCUT2D eigenvalue weighted by molar-refractivity contribution is 7.29. The van der Waals surface area contributed by atoms with Crippen molar-refractivity contribution in [1.82, 2.24) is 14.5 Å². The van der Waals surface area contributed by atoms with E-state index in [2.05, 4.69) is 25.4 Å². The van der Waals surface area contributed by atoms with Crippen LogP contribution in [0.1, 0.15) is 65.1 Å². The largest absolute Gasteiger partial charge is 0.502 e. The minimum absolute atomic E-state index is 0.0739. The van der Waals surface area contributed by atoms with Crippen molar-refractivity contribution in [2.45, 2.75) is 58.8 Å². The summed E-state index contributed by atoms with van der Waals surface area (Å²) in [5.41, 5.74) is 0.975. The highest BCUT2D eigenvalue weighted by Gasteiger charge is 2.43. The van der Waals surface area contributed by atoms with Crippen molar-refractivity contribution in [2.24, 2.45) is 0 Å². The Hall–Kier alpha value is -2.43. The zero-order chi connectivity index (χ0) is 24.9. The second kappa shape index (κ2) is 9.31. The van der Waals surface area contributed by atoms with Gasteiger partial charge in [0, 0.05) is 32.4 Å². The standard InChI is InChI=1S/C24H32N4O4P2/c1-5-26-19-8-6-7-14(3)28(19)27-12-17(21(29)22(30)20(27)24(26)32)23(31)25(4)11-16-13(2)9-15(33)10-18(16)34/h9-10,12,14,19,30H,5-8,11,33-34H2,1-4H3/t14-,19+/m1/s1. The molecule has 1 fully saturated rings. The number of carbonyl (C=O) groups is 2. The van der Waals surface area contributed by atoms with Crippen LogP contribution in [0.25, 0.3) is 0 Å². The molecule has 4 atom stereocenters. The van der Waals surface area contributed by atoms with Crippen LogP contribution in [0, 0.1) is 6.92 Å². The zero-order valence-electron chi connectivity index (χ0n) is 20.0. The lowest BCUT2D eigenvalue weighted by Crippen LogP contribution is -2.65. The van der Waals surface area contributed by atoms with Gasteiger partial charge >= 0.3 is 0 Å². The Morgan fingerprint density at radius 2 is 1.94 bits per heavy atom. The average Bonchev–Trinajstić information content (AvgIpc) is 2.77. The van der Waals surface area contributed by atoms with E-state index in [1.165, 1.54) is 11.1 Å². The van der Waals surface area contributed by atoms with Crippen molar-refractivity contribution < 1.29 is 14.7 Å². The number of hydrogen-bond donors (Lipinski definition) is 1. The maximum atomic E-state index is 13.4. The van der Waals surface area contributed by atoms with Crippen LogP contribution in [-0.4, -0.2) is 57.2 Å². The lowest BCUT2D eigenvalue weighted by molar-refractivity contribution is 0.0498. The fourth-order valence-corrected chi connectivity index (χ4v) is 6.29. The van der Waals surface area contributed by atoms with Crippen molar-refractivity contribution in [1.29, 1.82) is 0 Å². The number of amides is 2. The van der Waals surface area contributed by atoms with E-state index in [0.717, 1.165) is 41.0 Å². The van der Waals surface area contributed by atoms with Crippen molar-refractivity contribution in [2.75, 3.05) is 18.6 Å². The van der Waals surface area contributed by atoms with Gasteiger partial charge in [-0.25, -0.2) is 0 Å². The van der Waals surface area contributed by atoms with E-state index in [4.69, 9.17) is 0 Å². The van der Waals surface area contributed by atoms with E-state index in [-0.39, 0.29) is 29.4 Å². The Kier molecular flexibility index (Phi) is 6.76. The Bertz CT molecular complexity index is 1210. The Labute approximate surface area is 204 Å². The van der Waals surface area contributed by atoms with Gasteiger partial charge in [-0.1, -0.05) is 6.07 Å². The van der Waals surface area contributed by atoms with Gasteiger partial charge in [-0.3, -0.25) is 24.1 Å². The third kappa shape index (κ3) is 4.01. The molecule has 8 nitrogen and oxygen atoms in total. The van der Waals surface area contributed by atoms with Crippen LogP contribution < -0.4 is 21.0 Å². The van der Waals surface area contributed by atoms with Crippen LogP contribution in [0.2, 0.25) is 0 Å². The number of hydrogen-bond acceptors (Lipinski definition) is 5. The summed E-state index contributed by atoms with van der Waals surface area (Å²) in [6.45, 7) is 6.70. The summed E-state index contributed by atoms with van der Waals surface area (Å²) in [6.07, 6.45) is 3.95. The molecular weight excluding hydrogens is 470 g/mol. The van der Waals surface area contributed by atoms with Gasteiger partial charge in [0.15, 0.2) is 11.4 Å². The van der Waals surface area contributed by atoms with Gasteiger partial charge in [0.05, 0.1) is 0 Å². The second-order valence-corrected chi connectivity index (χ2v) is 10.5. The van der Waals surface area contributed by atoms with Crippen LogP contribution >= 0.6 is 18.5 Å². The molecule has 2 aliphatic heterocycles. The first-order chi connectivity index (χ1) is 16.1. The molecule has 10 heteroatoms. The molecule has 0 aliphatic carbocycles. The van der Waals surface area contributed by atoms with Gasteiger partial charge in [0.25, 0.3) is 11.8 Å². The van der Waals surface area contributed by atoms with Gasteiger partial charge in [-0.15, -0.1) is 18.5 Å². The van der Waals surface area contributed by atoms with Gasteiger partial charge in [0.2, 0.25) is 5.43 Å². The maximum Gasteiger partial charge on any atom is 0.278 e. The maximum absolute atomic E-state index is 13.4. The molecule has 2 amide bonds. The summed E-state index contributed by atoms with van der Waals surface area (Å²) in [4.78, 5) is 42.9. The smallest absolute Gasteiger partial charge is 0.278 e. The number of nitrogens with zero attached hydrogens (tertiary/aromatic N) is 4. The number of fused-ring (bicyclic) bond motifs is 3. The molecular formula is C24H32N4O4P2. The second-order valence-electron chi connectivity index (χ2n) is 9.21. The minimum atomic E-state index is -0.821. The molecule has 1 aromatic heterocycles. The first-order valence-corrected chi connectivity index (χ1v) is 12.7. The Balaban J connectivity index is 1.77. The molecule has 34 heavy (non-hydrogen) atoms. The van der Waals surface area contributed by atoms with Crippen LogP contribution in [-0.2, 0) is 6.54 Å². The number of piperidine rings is 1. The number of aryl methyl sites for hydroxylation is 1. The summed E-state index contributed by atoms with van der Waals surface area (Å²) in [7, 11) is 7.00. The van der Waals surface area contributed by atoms with Crippen LogP contribution in [0.15, 0.2) is 23.1 Å². The van der Waals surface area contributed by atoms with Gasteiger partial charge in [0.1, 0.15) is 11.7 Å². The van der Waals surface area contributed by atoms with Crippen LogP contribution in [0.4, 0.5) is 0 Å². The predicted molar refractivity (Wildman–Crippen MR) is 140 cm³/mol. The zero-order valence-corrected chi connectivity index (χ0v) is 22.3. The van der Waals surface area contributed by atoms with E-state index in [0.29, 0.717) is 13.1 Å². The number of rotatable bonds is 4. The molecule has 0 bridgehead atoms. The summed E-state index contributed by atoms with van der Waals surface area (Å²) >= 11 is 0. The molecule has 3 heterocycles. The average molecular weight is 502 g/mol. The first kappa shape index (κ1) is 24.7. The molecule has 0 radical (unpaired) electrons. The SMILES string of the molecule is CCN1C(=O)c2c(O)c(=O)c(C(=O)N(C)Cc3c(C)cc(P)cc3P)cn2N2[C@H](C)CCC[C@@H]12. The first-order valence-electron chi connectivity index (χ1n) is 11.5. The quantitative estimate of drug-likeness (QED) is 0.640. The topological polar surface area (TPSA) is 86.1 Å². The number of benzene rings is 1. The fraction of sp³-hybridized carbons (Fsp3) is 0.458. The number of carbonyl (C=O) groups excluding carboxylic acids is 2. The summed E-state index contributed by atoms with van der Waals surface area (Å²) in [5, 5.41) is 14.9. The van der Waals surface area contributed by atoms with Crippen molar-refractivity contribution in [3.63, 3.8) is 0 Å².